The average Bonchev–Trinajstić information content (AvgIpc) is 3.53. The lowest BCUT2D eigenvalue weighted by Crippen LogP contribution is -2.37. The maximum absolute atomic E-state index is 12.8. The van der Waals surface area contributed by atoms with E-state index in [9.17, 15) is 13.2 Å². The largest absolute Gasteiger partial charge is 0.472 e. The second-order valence-electron chi connectivity index (χ2n) is 8.38. The highest BCUT2D eigenvalue weighted by Gasteiger charge is 2.37. The molecule has 0 bridgehead atoms. The fraction of sp³-hybridized carbons (Fsp3) is 0.571. The van der Waals surface area contributed by atoms with Crippen LogP contribution < -0.4 is 9.64 Å². The van der Waals surface area contributed by atoms with Crippen molar-refractivity contribution in [2.24, 2.45) is 0 Å². The molecule has 2 aliphatic heterocycles. The van der Waals surface area contributed by atoms with Crippen LogP contribution in [-0.4, -0.2) is 58.2 Å². The fourth-order valence-corrected chi connectivity index (χ4v) is 4.39. The highest BCUT2D eigenvalue weighted by atomic mass is 19.4. The van der Waals surface area contributed by atoms with Gasteiger partial charge in [-0.1, -0.05) is 0 Å². The Morgan fingerprint density at radius 3 is 2.50 bits per heavy atom. The SMILES string of the molecule is FC(F)(F)c1ccc(N2CCCN3C[C@H](Oc4cnc(C5CC5)cn4)C[C@H]3C2)nc1. The summed E-state index contributed by atoms with van der Waals surface area (Å²) in [6.07, 6.45) is 4.30. The van der Waals surface area contributed by atoms with Crippen LogP contribution in [0.2, 0.25) is 0 Å². The van der Waals surface area contributed by atoms with E-state index in [0.29, 0.717) is 17.6 Å². The van der Waals surface area contributed by atoms with Gasteiger partial charge in [-0.2, -0.15) is 13.2 Å². The summed E-state index contributed by atoms with van der Waals surface area (Å²) < 4.78 is 44.5. The fourth-order valence-electron chi connectivity index (χ4n) is 4.39. The molecule has 0 spiro atoms. The standard InChI is InChI=1S/C21H24F3N5O/c22-21(23,24)15-4-5-19(26-9-15)29-7-1-6-28-13-17(8-16(28)12-29)30-20-11-25-18(10-27-20)14-2-3-14/h4-5,9-11,14,16-17H,1-3,6-8,12-13H2/t16-,17+/m0/s1. The number of nitrogens with zero attached hydrogens (tertiary/aromatic N) is 5. The summed E-state index contributed by atoms with van der Waals surface area (Å²) in [6, 6.07) is 2.86. The van der Waals surface area contributed by atoms with Crippen LogP contribution in [-0.2, 0) is 6.18 Å². The number of hydrogen-bond donors (Lipinski definition) is 0. The van der Waals surface area contributed by atoms with Crippen molar-refractivity contribution in [2.75, 3.05) is 31.1 Å². The molecule has 1 aliphatic carbocycles. The second kappa shape index (κ2) is 7.68. The number of rotatable bonds is 4. The van der Waals surface area contributed by atoms with Gasteiger partial charge in [0.1, 0.15) is 11.9 Å². The molecule has 2 aromatic rings. The minimum absolute atomic E-state index is 0.0385. The molecule has 3 aliphatic rings. The predicted molar refractivity (Wildman–Crippen MR) is 104 cm³/mol. The molecular weight excluding hydrogens is 395 g/mol. The van der Waals surface area contributed by atoms with Crippen LogP contribution in [0.3, 0.4) is 0 Å². The van der Waals surface area contributed by atoms with E-state index in [0.717, 1.165) is 57.0 Å². The number of aromatic nitrogens is 3. The number of anilines is 1. The molecule has 30 heavy (non-hydrogen) atoms. The predicted octanol–water partition coefficient (Wildman–Crippen LogP) is 3.50. The van der Waals surface area contributed by atoms with E-state index >= 15 is 0 Å². The van der Waals surface area contributed by atoms with Gasteiger partial charge in [-0.05, 0) is 31.4 Å². The van der Waals surface area contributed by atoms with Crippen LogP contribution in [0.25, 0.3) is 0 Å². The van der Waals surface area contributed by atoms with Gasteiger partial charge in [0.15, 0.2) is 0 Å². The van der Waals surface area contributed by atoms with E-state index in [1.54, 1.807) is 6.20 Å². The molecule has 0 amide bonds. The van der Waals surface area contributed by atoms with Crippen molar-refractivity contribution in [1.82, 2.24) is 19.9 Å². The molecule has 2 aromatic heterocycles. The third-order valence-electron chi connectivity index (χ3n) is 6.12. The van der Waals surface area contributed by atoms with Gasteiger partial charge >= 0.3 is 6.18 Å². The molecule has 6 nitrogen and oxygen atoms in total. The van der Waals surface area contributed by atoms with Gasteiger partial charge in [0.25, 0.3) is 0 Å². The highest BCUT2D eigenvalue weighted by Crippen LogP contribution is 2.38. The van der Waals surface area contributed by atoms with Crippen molar-refractivity contribution in [3.05, 3.63) is 42.0 Å². The molecule has 160 valence electrons. The smallest absolute Gasteiger partial charge is 0.417 e. The Kier molecular flexibility index (Phi) is 5.00. The Balaban J connectivity index is 1.21. The second-order valence-corrected chi connectivity index (χ2v) is 8.38. The van der Waals surface area contributed by atoms with E-state index in [1.165, 1.54) is 18.9 Å². The zero-order chi connectivity index (χ0) is 20.7. The van der Waals surface area contributed by atoms with Crippen LogP contribution >= 0.6 is 0 Å². The molecule has 0 N–H and O–H groups in total. The summed E-state index contributed by atoms with van der Waals surface area (Å²) in [5.41, 5.74) is 0.327. The first-order chi connectivity index (χ1) is 14.5. The number of pyridine rings is 1. The molecule has 2 saturated heterocycles. The lowest BCUT2D eigenvalue weighted by atomic mass is 10.2. The maximum atomic E-state index is 12.8. The summed E-state index contributed by atoms with van der Waals surface area (Å²) in [5, 5.41) is 0. The van der Waals surface area contributed by atoms with E-state index < -0.39 is 11.7 Å². The number of fused-ring (bicyclic) bond motifs is 1. The Hall–Kier alpha value is -2.42. The number of halogens is 3. The van der Waals surface area contributed by atoms with Crippen LogP contribution in [0.4, 0.5) is 19.0 Å². The molecule has 0 unspecified atom stereocenters. The average molecular weight is 419 g/mol. The summed E-state index contributed by atoms with van der Waals surface area (Å²) in [7, 11) is 0. The molecule has 0 aromatic carbocycles. The molecule has 5 rings (SSSR count). The molecule has 1 saturated carbocycles. The van der Waals surface area contributed by atoms with Crippen molar-refractivity contribution in [2.45, 2.75) is 49.9 Å². The van der Waals surface area contributed by atoms with Crippen molar-refractivity contribution < 1.29 is 17.9 Å². The normalized spacial score (nSPS) is 25.1. The van der Waals surface area contributed by atoms with Crippen LogP contribution in [0.15, 0.2) is 30.7 Å². The van der Waals surface area contributed by atoms with E-state index in [2.05, 4.69) is 24.8 Å². The third kappa shape index (κ3) is 4.21. The van der Waals surface area contributed by atoms with Gasteiger partial charge in [0, 0.05) is 50.8 Å². The van der Waals surface area contributed by atoms with Gasteiger partial charge in [-0.3, -0.25) is 9.88 Å². The lowest BCUT2D eigenvalue weighted by Gasteiger charge is -2.26. The van der Waals surface area contributed by atoms with Crippen molar-refractivity contribution in [3.63, 3.8) is 0 Å². The van der Waals surface area contributed by atoms with Gasteiger partial charge in [0.05, 0.1) is 23.7 Å². The summed E-state index contributed by atoms with van der Waals surface area (Å²) in [4.78, 5) is 17.4. The first-order valence-corrected chi connectivity index (χ1v) is 10.5. The van der Waals surface area contributed by atoms with Gasteiger partial charge in [0.2, 0.25) is 5.88 Å². The lowest BCUT2D eigenvalue weighted by molar-refractivity contribution is -0.137. The van der Waals surface area contributed by atoms with E-state index in [4.69, 9.17) is 4.74 Å². The van der Waals surface area contributed by atoms with Crippen LogP contribution in [0, 0.1) is 0 Å². The van der Waals surface area contributed by atoms with E-state index in [1.807, 2.05) is 6.20 Å². The first-order valence-electron chi connectivity index (χ1n) is 10.5. The molecule has 0 radical (unpaired) electrons. The topological polar surface area (TPSA) is 54.4 Å². The molecule has 9 heteroatoms. The molecule has 4 heterocycles. The van der Waals surface area contributed by atoms with Crippen molar-refractivity contribution in [1.29, 1.82) is 0 Å². The monoisotopic (exact) mass is 419 g/mol. The van der Waals surface area contributed by atoms with Crippen LogP contribution in [0.5, 0.6) is 5.88 Å². The quantitative estimate of drug-likeness (QED) is 0.756. The number of alkyl halides is 3. The van der Waals surface area contributed by atoms with Gasteiger partial charge in [-0.15, -0.1) is 0 Å². The Bertz CT molecular complexity index is 870. The van der Waals surface area contributed by atoms with Crippen molar-refractivity contribution in [3.8, 4) is 5.88 Å². The summed E-state index contributed by atoms with van der Waals surface area (Å²) in [6.45, 7) is 3.27. The highest BCUT2D eigenvalue weighted by molar-refractivity contribution is 5.40. The van der Waals surface area contributed by atoms with Gasteiger partial charge in [-0.25, -0.2) is 9.97 Å². The van der Waals surface area contributed by atoms with Gasteiger partial charge < -0.3 is 9.64 Å². The van der Waals surface area contributed by atoms with Crippen LogP contribution in [0.1, 0.15) is 42.9 Å². The zero-order valence-electron chi connectivity index (χ0n) is 16.6. The zero-order valence-corrected chi connectivity index (χ0v) is 16.6. The number of ether oxygens (including phenoxy) is 1. The molecular formula is C21H24F3N5O. The Morgan fingerprint density at radius 2 is 1.83 bits per heavy atom. The maximum Gasteiger partial charge on any atom is 0.417 e. The Morgan fingerprint density at radius 1 is 0.967 bits per heavy atom. The summed E-state index contributed by atoms with van der Waals surface area (Å²) in [5.74, 6) is 1.72. The number of hydrogen-bond acceptors (Lipinski definition) is 6. The first kappa shape index (κ1) is 19.5. The summed E-state index contributed by atoms with van der Waals surface area (Å²) >= 11 is 0. The Labute approximate surface area is 173 Å². The third-order valence-corrected chi connectivity index (χ3v) is 6.12. The minimum atomic E-state index is -4.36. The minimum Gasteiger partial charge on any atom is -0.472 e. The molecule has 3 fully saturated rings. The molecule has 2 atom stereocenters. The van der Waals surface area contributed by atoms with Crippen molar-refractivity contribution >= 4 is 5.82 Å². The van der Waals surface area contributed by atoms with E-state index in [-0.39, 0.29) is 12.1 Å².